The second-order valence-electron chi connectivity index (χ2n) is 4.53. The molecule has 0 radical (unpaired) electrons. The number of nitrogens with zero attached hydrogens (tertiary/aromatic N) is 1. The number of sulfonamides is 1. The third-order valence-electron chi connectivity index (χ3n) is 2.59. The van der Waals surface area contributed by atoms with Crippen LogP contribution in [-0.4, -0.2) is 20.4 Å². The third kappa shape index (κ3) is 3.56. The Hall–Kier alpha value is -1.44. The number of anilines is 1. The van der Waals surface area contributed by atoms with E-state index in [-0.39, 0.29) is 0 Å². The van der Waals surface area contributed by atoms with Gasteiger partial charge in [0.2, 0.25) is 0 Å². The van der Waals surface area contributed by atoms with Crippen LogP contribution in [0.25, 0.3) is 0 Å². The lowest BCUT2D eigenvalue weighted by Crippen LogP contribution is -2.13. The minimum atomic E-state index is -3.57. The molecular formula is C13H17N3O2S2. The van der Waals surface area contributed by atoms with Crippen molar-refractivity contribution in [3.63, 3.8) is 0 Å². The van der Waals surface area contributed by atoms with Crippen LogP contribution in [0.15, 0.2) is 28.5 Å². The van der Waals surface area contributed by atoms with Crippen molar-refractivity contribution in [2.45, 2.75) is 24.6 Å². The molecule has 2 N–H and O–H groups in total. The number of rotatable bonds is 5. The van der Waals surface area contributed by atoms with Crippen LogP contribution in [0.1, 0.15) is 16.1 Å². The average molecular weight is 311 g/mol. The number of thiophene rings is 1. The monoisotopic (exact) mass is 311 g/mol. The SMILES string of the molecule is CNCc1ccc(S(=O)(=O)Nc2cc(C)cc(C)n2)s1. The molecule has 0 amide bonds. The molecule has 0 aliphatic carbocycles. The standard InChI is InChI=1S/C13H17N3O2S2/c1-9-6-10(2)15-12(7-9)16-20(17,18)13-5-4-11(19-13)8-14-3/h4-7,14H,8H2,1-3H3,(H,15,16). The van der Waals surface area contributed by atoms with E-state index in [0.717, 1.165) is 16.1 Å². The van der Waals surface area contributed by atoms with Crippen LogP contribution >= 0.6 is 11.3 Å². The number of nitrogens with one attached hydrogen (secondary N) is 2. The second kappa shape index (κ2) is 5.90. The molecule has 108 valence electrons. The number of aryl methyl sites for hydroxylation is 2. The highest BCUT2D eigenvalue weighted by Gasteiger charge is 2.17. The van der Waals surface area contributed by atoms with Crippen molar-refractivity contribution in [3.05, 3.63) is 40.4 Å². The van der Waals surface area contributed by atoms with Crippen molar-refractivity contribution in [3.8, 4) is 0 Å². The van der Waals surface area contributed by atoms with Gasteiger partial charge in [-0.05, 0) is 50.7 Å². The molecule has 5 nitrogen and oxygen atoms in total. The Morgan fingerprint density at radius 2 is 2.00 bits per heavy atom. The van der Waals surface area contributed by atoms with Gasteiger partial charge in [0, 0.05) is 17.1 Å². The molecule has 2 aromatic heterocycles. The zero-order valence-corrected chi connectivity index (χ0v) is 13.2. The summed E-state index contributed by atoms with van der Waals surface area (Å²) in [6, 6.07) is 7.04. The highest BCUT2D eigenvalue weighted by atomic mass is 32.2. The number of pyridine rings is 1. The lowest BCUT2D eigenvalue weighted by atomic mass is 10.2. The molecule has 0 spiro atoms. The lowest BCUT2D eigenvalue weighted by molar-refractivity contribution is 0.603. The van der Waals surface area contributed by atoms with Gasteiger partial charge in [0.05, 0.1) is 0 Å². The van der Waals surface area contributed by atoms with Gasteiger partial charge in [-0.1, -0.05) is 0 Å². The van der Waals surface area contributed by atoms with E-state index in [4.69, 9.17) is 0 Å². The van der Waals surface area contributed by atoms with E-state index in [9.17, 15) is 8.42 Å². The molecular weight excluding hydrogens is 294 g/mol. The molecule has 0 aliphatic heterocycles. The molecule has 0 saturated carbocycles. The van der Waals surface area contributed by atoms with Gasteiger partial charge >= 0.3 is 0 Å². The van der Waals surface area contributed by atoms with E-state index >= 15 is 0 Å². The molecule has 0 atom stereocenters. The van der Waals surface area contributed by atoms with Crippen molar-refractivity contribution in [1.82, 2.24) is 10.3 Å². The summed E-state index contributed by atoms with van der Waals surface area (Å²) in [4.78, 5) is 5.16. The van der Waals surface area contributed by atoms with Gasteiger partial charge in [-0.2, -0.15) is 0 Å². The van der Waals surface area contributed by atoms with E-state index < -0.39 is 10.0 Å². The Labute approximate surface area is 123 Å². The molecule has 0 unspecified atom stereocenters. The van der Waals surface area contributed by atoms with Gasteiger partial charge in [0.1, 0.15) is 10.0 Å². The first-order chi connectivity index (χ1) is 9.40. The molecule has 0 saturated heterocycles. The lowest BCUT2D eigenvalue weighted by Gasteiger charge is -2.07. The topological polar surface area (TPSA) is 71.1 Å². The number of aromatic nitrogens is 1. The zero-order valence-electron chi connectivity index (χ0n) is 11.6. The fraction of sp³-hybridized carbons (Fsp3) is 0.308. The van der Waals surface area contributed by atoms with Crippen molar-refractivity contribution < 1.29 is 8.42 Å². The average Bonchev–Trinajstić information content (AvgIpc) is 2.76. The van der Waals surface area contributed by atoms with Crippen LogP contribution in [0, 0.1) is 13.8 Å². The largest absolute Gasteiger partial charge is 0.315 e. The Morgan fingerprint density at radius 1 is 1.25 bits per heavy atom. The first-order valence-corrected chi connectivity index (χ1v) is 8.42. The molecule has 20 heavy (non-hydrogen) atoms. The van der Waals surface area contributed by atoms with E-state index in [2.05, 4.69) is 15.0 Å². The van der Waals surface area contributed by atoms with Crippen LogP contribution in [0.2, 0.25) is 0 Å². The summed E-state index contributed by atoms with van der Waals surface area (Å²) in [5.41, 5.74) is 1.75. The summed E-state index contributed by atoms with van der Waals surface area (Å²) in [7, 11) is -1.74. The minimum absolute atomic E-state index is 0.295. The van der Waals surface area contributed by atoms with Gasteiger partial charge < -0.3 is 5.32 Å². The first-order valence-electron chi connectivity index (χ1n) is 6.12. The highest BCUT2D eigenvalue weighted by molar-refractivity contribution is 7.94. The van der Waals surface area contributed by atoms with Crippen molar-refractivity contribution in [2.75, 3.05) is 11.8 Å². The van der Waals surface area contributed by atoms with Crippen LogP contribution in [-0.2, 0) is 16.6 Å². The highest BCUT2D eigenvalue weighted by Crippen LogP contribution is 2.23. The zero-order chi connectivity index (χ0) is 14.8. The first kappa shape index (κ1) is 15.0. The van der Waals surface area contributed by atoms with Gasteiger partial charge in [0.15, 0.2) is 0 Å². The summed E-state index contributed by atoms with van der Waals surface area (Å²) < 4.78 is 27.4. The smallest absolute Gasteiger partial charge is 0.272 e. The summed E-state index contributed by atoms with van der Waals surface area (Å²) in [5, 5.41) is 3.00. The van der Waals surface area contributed by atoms with Gasteiger partial charge in [0.25, 0.3) is 10.0 Å². The second-order valence-corrected chi connectivity index (χ2v) is 7.61. The molecule has 2 aromatic rings. The quantitative estimate of drug-likeness (QED) is 0.888. The Kier molecular flexibility index (Phi) is 4.42. The summed E-state index contributed by atoms with van der Waals surface area (Å²) >= 11 is 1.25. The van der Waals surface area contributed by atoms with Crippen LogP contribution in [0.4, 0.5) is 5.82 Å². The Morgan fingerprint density at radius 3 is 2.65 bits per heavy atom. The fourth-order valence-corrected chi connectivity index (χ4v) is 4.21. The van der Waals surface area contributed by atoms with Gasteiger partial charge in [-0.15, -0.1) is 11.3 Å². The Balaban J connectivity index is 2.25. The molecule has 0 aliphatic rings. The van der Waals surface area contributed by atoms with Gasteiger partial charge in [-0.25, -0.2) is 13.4 Å². The van der Waals surface area contributed by atoms with Crippen molar-refractivity contribution >= 4 is 27.2 Å². The van der Waals surface area contributed by atoms with E-state index in [1.807, 2.05) is 33.0 Å². The molecule has 7 heteroatoms. The molecule has 2 rings (SSSR count). The van der Waals surface area contributed by atoms with Gasteiger partial charge in [-0.3, -0.25) is 4.72 Å². The summed E-state index contributed by atoms with van der Waals surface area (Å²) in [6.07, 6.45) is 0. The molecule has 0 fully saturated rings. The van der Waals surface area contributed by atoms with E-state index in [1.165, 1.54) is 11.3 Å². The van der Waals surface area contributed by atoms with Crippen LogP contribution in [0.3, 0.4) is 0 Å². The fourth-order valence-electron chi connectivity index (χ4n) is 1.85. The maximum Gasteiger partial charge on any atom is 0.272 e. The van der Waals surface area contributed by atoms with E-state index in [1.54, 1.807) is 12.1 Å². The third-order valence-corrected chi connectivity index (χ3v) is 5.52. The normalized spacial score (nSPS) is 11.6. The Bertz CT molecular complexity index is 688. The van der Waals surface area contributed by atoms with Crippen LogP contribution in [0.5, 0.6) is 0 Å². The maximum atomic E-state index is 12.3. The molecule has 2 heterocycles. The van der Waals surface area contributed by atoms with E-state index in [0.29, 0.717) is 16.6 Å². The summed E-state index contributed by atoms with van der Waals surface area (Å²) in [6.45, 7) is 4.39. The summed E-state index contributed by atoms with van der Waals surface area (Å²) in [5.74, 6) is 0.353. The number of hydrogen-bond acceptors (Lipinski definition) is 5. The van der Waals surface area contributed by atoms with Crippen molar-refractivity contribution in [2.24, 2.45) is 0 Å². The predicted octanol–water partition coefficient (Wildman–Crippen LogP) is 2.28. The minimum Gasteiger partial charge on any atom is -0.315 e. The maximum absolute atomic E-state index is 12.3. The number of hydrogen-bond donors (Lipinski definition) is 2. The molecule has 0 bridgehead atoms. The molecule has 0 aromatic carbocycles. The van der Waals surface area contributed by atoms with Crippen molar-refractivity contribution in [1.29, 1.82) is 0 Å². The van der Waals surface area contributed by atoms with Crippen LogP contribution < -0.4 is 10.0 Å². The predicted molar refractivity (Wildman–Crippen MR) is 81.6 cm³/mol.